The average molecular weight is 201 g/mol. The van der Waals surface area contributed by atoms with Crippen LogP contribution >= 0.6 is 0 Å². The van der Waals surface area contributed by atoms with Crippen LogP contribution in [-0.2, 0) is 13.0 Å². The Bertz CT molecular complexity index is 486. The number of para-hydroxylation sites is 1. The molecule has 1 atom stereocenters. The monoisotopic (exact) mass is 201 g/mol. The Morgan fingerprint density at radius 1 is 1.33 bits per heavy atom. The zero-order valence-corrected chi connectivity index (χ0v) is 8.69. The van der Waals surface area contributed by atoms with E-state index in [2.05, 4.69) is 34.9 Å². The fourth-order valence-corrected chi connectivity index (χ4v) is 2.57. The molecule has 0 bridgehead atoms. The minimum Gasteiger partial charge on any atom is -0.396 e. The average Bonchev–Trinajstić information content (AvgIpc) is 2.66. The summed E-state index contributed by atoms with van der Waals surface area (Å²) in [7, 11) is 0. The molecule has 2 nitrogen and oxygen atoms in total. The summed E-state index contributed by atoms with van der Waals surface area (Å²) < 4.78 is 2.39. The molecule has 15 heavy (non-hydrogen) atoms. The van der Waals surface area contributed by atoms with Crippen molar-refractivity contribution in [2.45, 2.75) is 19.4 Å². The van der Waals surface area contributed by atoms with Gasteiger partial charge in [0.1, 0.15) is 0 Å². The highest BCUT2D eigenvalue weighted by Crippen LogP contribution is 2.27. The third-order valence-electron chi connectivity index (χ3n) is 3.41. The van der Waals surface area contributed by atoms with Crippen molar-refractivity contribution in [1.82, 2.24) is 4.57 Å². The minimum absolute atomic E-state index is 0.321. The predicted octanol–water partition coefficient (Wildman–Crippen LogP) is 2.20. The van der Waals surface area contributed by atoms with Gasteiger partial charge >= 0.3 is 0 Å². The summed E-state index contributed by atoms with van der Waals surface area (Å²) in [6.45, 7) is 1.37. The van der Waals surface area contributed by atoms with Crippen LogP contribution in [0.3, 0.4) is 0 Å². The highest BCUT2D eigenvalue weighted by atomic mass is 16.3. The first kappa shape index (κ1) is 8.98. The normalized spacial score (nSPS) is 20.5. The van der Waals surface area contributed by atoms with Crippen molar-refractivity contribution in [1.29, 1.82) is 0 Å². The lowest BCUT2D eigenvalue weighted by Gasteiger charge is -2.23. The molecule has 2 heteroatoms. The van der Waals surface area contributed by atoms with Gasteiger partial charge in [0.15, 0.2) is 0 Å². The van der Waals surface area contributed by atoms with Gasteiger partial charge < -0.3 is 9.67 Å². The van der Waals surface area contributed by atoms with Gasteiger partial charge in [-0.3, -0.25) is 0 Å². The molecule has 2 aromatic rings. The molecule has 0 spiro atoms. The van der Waals surface area contributed by atoms with E-state index < -0.39 is 0 Å². The van der Waals surface area contributed by atoms with Gasteiger partial charge in [0.05, 0.1) is 0 Å². The summed E-state index contributed by atoms with van der Waals surface area (Å²) in [5, 5.41) is 10.5. The molecule has 0 amide bonds. The Kier molecular flexibility index (Phi) is 2.03. The van der Waals surface area contributed by atoms with E-state index >= 15 is 0 Å². The van der Waals surface area contributed by atoms with E-state index in [-0.39, 0.29) is 0 Å². The second-order valence-electron chi connectivity index (χ2n) is 4.39. The number of aliphatic hydroxyl groups is 1. The molecule has 1 aromatic heterocycles. The highest BCUT2D eigenvalue weighted by Gasteiger charge is 2.19. The molecule has 1 aromatic carbocycles. The molecule has 1 aliphatic rings. The van der Waals surface area contributed by atoms with Crippen LogP contribution in [-0.4, -0.2) is 16.3 Å². The standard InChI is InChI=1S/C13H15NO/c15-9-10-5-6-14-12(7-10)8-11-3-1-2-4-13(11)14/h1-4,8,10,15H,5-7,9H2. The zero-order valence-electron chi connectivity index (χ0n) is 8.69. The Hall–Kier alpha value is -1.28. The molecular formula is C13H15NO. The number of aliphatic hydroxyl groups excluding tert-OH is 1. The number of hydrogen-bond donors (Lipinski definition) is 1. The first-order valence-electron chi connectivity index (χ1n) is 5.56. The van der Waals surface area contributed by atoms with Crippen molar-refractivity contribution >= 4 is 10.9 Å². The Morgan fingerprint density at radius 2 is 2.20 bits per heavy atom. The summed E-state index contributed by atoms with van der Waals surface area (Å²) in [5.74, 6) is 0.460. The third-order valence-corrected chi connectivity index (χ3v) is 3.41. The van der Waals surface area contributed by atoms with E-state index in [4.69, 9.17) is 0 Å². The van der Waals surface area contributed by atoms with Crippen LogP contribution in [0, 0.1) is 5.92 Å². The van der Waals surface area contributed by atoms with E-state index in [1.54, 1.807) is 0 Å². The Morgan fingerprint density at radius 3 is 3.07 bits per heavy atom. The van der Waals surface area contributed by atoms with Gasteiger partial charge in [-0.05, 0) is 36.3 Å². The van der Waals surface area contributed by atoms with Crippen LogP contribution in [0.1, 0.15) is 12.1 Å². The quantitative estimate of drug-likeness (QED) is 0.751. The summed E-state index contributed by atoms with van der Waals surface area (Å²) >= 11 is 0. The maximum Gasteiger partial charge on any atom is 0.0482 e. The number of hydrogen-bond acceptors (Lipinski definition) is 1. The second-order valence-corrected chi connectivity index (χ2v) is 4.39. The maximum absolute atomic E-state index is 9.18. The first-order valence-corrected chi connectivity index (χ1v) is 5.56. The SMILES string of the molecule is OCC1CCn2c(cc3ccccc32)C1. The lowest BCUT2D eigenvalue weighted by atomic mass is 9.97. The van der Waals surface area contributed by atoms with Crippen LogP contribution in [0.15, 0.2) is 30.3 Å². The topological polar surface area (TPSA) is 25.2 Å². The van der Waals surface area contributed by atoms with Crippen molar-refractivity contribution in [3.05, 3.63) is 36.0 Å². The fraction of sp³-hybridized carbons (Fsp3) is 0.385. The molecule has 1 aliphatic heterocycles. The van der Waals surface area contributed by atoms with Gasteiger partial charge in [-0.25, -0.2) is 0 Å². The molecule has 0 saturated carbocycles. The first-order chi connectivity index (χ1) is 7.38. The van der Waals surface area contributed by atoms with Crippen molar-refractivity contribution < 1.29 is 5.11 Å². The summed E-state index contributed by atoms with van der Waals surface area (Å²) in [4.78, 5) is 0. The van der Waals surface area contributed by atoms with E-state index in [1.165, 1.54) is 16.6 Å². The van der Waals surface area contributed by atoms with Gasteiger partial charge in [0.2, 0.25) is 0 Å². The van der Waals surface area contributed by atoms with Crippen molar-refractivity contribution in [2.75, 3.05) is 6.61 Å². The molecule has 0 aliphatic carbocycles. The van der Waals surface area contributed by atoms with E-state index in [0.29, 0.717) is 12.5 Å². The smallest absolute Gasteiger partial charge is 0.0482 e. The summed E-state index contributed by atoms with van der Waals surface area (Å²) in [6.07, 6.45) is 2.12. The summed E-state index contributed by atoms with van der Waals surface area (Å²) in [6, 6.07) is 10.8. The molecule has 78 valence electrons. The Labute approximate surface area is 89.1 Å². The minimum atomic E-state index is 0.321. The Balaban J connectivity index is 2.12. The van der Waals surface area contributed by atoms with E-state index in [0.717, 1.165) is 19.4 Å². The van der Waals surface area contributed by atoms with E-state index in [9.17, 15) is 5.11 Å². The van der Waals surface area contributed by atoms with E-state index in [1.807, 2.05) is 0 Å². The number of aryl methyl sites for hydroxylation is 1. The third kappa shape index (κ3) is 1.37. The van der Waals surface area contributed by atoms with Crippen LogP contribution in [0.5, 0.6) is 0 Å². The van der Waals surface area contributed by atoms with Crippen LogP contribution < -0.4 is 0 Å². The predicted molar refractivity (Wildman–Crippen MR) is 60.8 cm³/mol. The molecular weight excluding hydrogens is 186 g/mol. The van der Waals surface area contributed by atoms with Crippen LogP contribution in [0.4, 0.5) is 0 Å². The van der Waals surface area contributed by atoms with Crippen molar-refractivity contribution in [2.24, 2.45) is 5.92 Å². The lowest BCUT2D eigenvalue weighted by molar-refractivity contribution is 0.202. The van der Waals surface area contributed by atoms with Gasteiger partial charge in [-0.1, -0.05) is 18.2 Å². The fourth-order valence-electron chi connectivity index (χ4n) is 2.57. The zero-order chi connectivity index (χ0) is 10.3. The largest absolute Gasteiger partial charge is 0.396 e. The summed E-state index contributed by atoms with van der Waals surface area (Å²) in [5.41, 5.74) is 2.71. The molecule has 3 rings (SSSR count). The van der Waals surface area contributed by atoms with Gasteiger partial charge in [0.25, 0.3) is 0 Å². The number of nitrogens with zero attached hydrogens (tertiary/aromatic N) is 1. The highest BCUT2D eigenvalue weighted by molar-refractivity contribution is 5.81. The molecule has 0 radical (unpaired) electrons. The van der Waals surface area contributed by atoms with Crippen molar-refractivity contribution in [3.63, 3.8) is 0 Å². The number of fused-ring (bicyclic) bond motifs is 3. The van der Waals surface area contributed by atoms with Gasteiger partial charge in [-0.15, -0.1) is 0 Å². The molecule has 0 saturated heterocycles. The number of benzene rings is 1. The second kappa shape index (κ2) is 3.38. The maximum atomic E-state index is 9.18. The molecule has 2 heterocycles. The number of rotatable bonds is 1. The lowest BCUT2D eigenvalue weighted by Crippen LogP contribution is -2.21. The van der Waals surface area contributed by atoms with Crippen LogP contribution in [0.2, 0.25) is 0 Å². The molecule has 1 unspecified atom stereocenters. The van der Waals surface area contributed by atoms with Gasteiger partial charge in [0, 0.05) is 24.4 Å². The molecule has 1 N–H and O–H groups in total. The van der Waals surface area contributed by atoms with Crippen molar-refractivity contribution in [3.8, 4) is 0 Å². The molecule has 0 fully saturated rings. The number of aromatic nitrogens is 1. The van der Waals surface area contributed by atoms with Gasteiger partial charge in [-0.2, -0.15) is 0 Å². The van der Waals surface area contributed by atoms with Crippen LogP contribution in [0.25, 0.3) is 10.9 Å².